The van der Waals surface area contributed by atoms with Gasteiger partial charge in [-0.3, -0.25) is 0 Å². The van der Waals surface area contributed by atoms with Crippen molar-refractivity contribution in [1.82, 2.24) is 0 Å². The van der Waals surface area contributed by atoms with Crippen LogP contribution in [0.2, 0.25) is 0 Å². The van der Waals surface area contributed by atoms with Crippen molar-refractivity contribution < 1.29 is 33.0 Å². The van der Waals surface area contributed by atoms with E-state index in [1.165, 1.54) is 11.1 Å². The first-order valence-corrected chi connectivity index (χ1v) is 12.6. The second kappa shape index (κ2) is 14.7. The highest BCUT2D eigenvalue weighted by Gasteiger charge is 2.27. The molecule has 0 heterocycles. The molecule has 7 nitrogen and oxygen atoms in total. The molecule has 0 saturated carbocycles. The summed E-state index contributed by atoms with van der Waals surface area (Å²) in [5.41, 5.74) is 2.97. The van der Waals surface area contributed by atoms with E-state index in [1.54, 1.807) is 0 Å². The maximum absolute atomic E-state index is 9.63. The van der Waals surface area contributed by atoms with Crippen molar-refractivity contribution in [3.63, 3.8) is 0 Å². The fourth-order valence-corrected chi connectivity index (χ4v) is 4.07. The highest BCUT2D eigenvalue weighted by atomic mass is 79.9. The van der Waals surface area contributed by atoms with Gasteiger partial charge in [0.25, 0.3) is 0 Å². The molecule has 0 rings (SSSR count). The third kappa shape index (κ3) is 19.7. The Morgan fingerprint density at radius 3 is 1.26 bits per heavy atom. The predicted octanol–water partition coefficient (Wildman–Crippen LogP) is 4.30. The summed E-state index contributed by atoms with van der Waals surface area (Å²) in [6.45, 7) is 0. The maximum Gasteiger partial charge on any atom is 0.478 e. The van der Waals surface area contributed by atoms with Crippen LogP contribution in [-0.4, -0.2) is 42.0 Å². The molecule has 0 aromatic rings. The van der Waals surface area contributed by atoms with Gasteiger partial charge in [-0.05, 0) is 25.7 Å². The summed E-state index contributed by atoms with van der Waals surface area (Å²) < 4.78 is 22.2. The van der Waals surface area contributed by atoms with E-state index < -0.39 is 15.6 Å². The third-order valence-electron chi connectivity index (χ3n) is 2.30. The Morgan fingerprint density at radius 2 is 1.09 bits per heavy atom. The Hall–Kier alpha value is 1.54. The Morgan fingerprint density at radius 1 is 0.783 bits per heavy atom. The lowest BCUT2D eigenvalue weighted by Crippen LogP contribution is -1.97. The molecule has 0 spiro atoms. The van der Waals surface area contributed by atoms with Crippen LogP contribution >= 0.6 is 70.7 Å². The molecule has 0 amide bonds. The summed E-state index contributed by atoms with van der Waals surface area (Å²) in [5.74, 6) is 1.39. The largest absolute Gasteiger partial charge is 0.478 e. The van der Waals surface area contributed by atoms with Crippen molar-refractivity contribution in [3.05, 3.63) is 11.1 Å². The summed E-state index contributed by atoms with van der Waals surface area (Å²) in [6, 6.07) is 0. The SMILES string of the molecule is ClCCC(CCCl)=C(CCBr)CCBr.O=P(O)(O)OP(=O)(O)O. The molecule has 4 N–H and O–H groups in total. The summed E-state index contributed by atoms with van der Waals surface area (Å²) >= 11 is 18.5. The normalized spacial score (nSPS) is 11.7. The number of phosphoric acid groups is 2. The Balaban J connectivity index is 0. The molecule has 0 atom stereocenters. The van der Waals surface area contributed by atoms with Gasteiger partial charge < -0.3 is 19.6 Å². The van der Waals surface area contributed by atoms with Crippen LogP contribution in [0.15, 0.2) is 11.1 Å². The number of alkyl halides is 4. The zero-order valence-corrected chi connectivity index (χ0v) is 18.5. The number of halogens is 4. The highest BCUT2D eigenvalue weighted by molar-refractivity contribution is 9.09. The van der Waals surface area contributed by atoms with Crippen molar-refractivity contribution >= 4 is 70.7 Å². The lowest BCUT2D eigenvalue weighted by Gasteiger charge is -2.12. The van der Waals surface area contributed by atoms with Gasteiger partial charge in [0.15, 0.2) is 0 Å². The van der Waals surface area contributed by atoms with Crippen LogP contribution in [0.3, 0.4) is 0 Å². The minimum Gasteiger partial charge on any atom is -0.302 e. The van der Waals surface area contributed by atoms with Gasteiger partial charge in [0, 0.05) is 22.4 Å². The van der Waals surface area contributed by atoms with E-state index in [0.29, 0.717) is 11.8 Å². The van der Waals surface area contributed by atoms with Gasteiger partial charge in [-0.1, -0.05) is 43.0 Å². The summed E-state index contributed by atoms with van der Waals surface area (Å²) in [4.78, 5) is 31.0. The van der Waals surface area contributed by atoms with Crippen LogP contribution < -0.4 is 0 Å². The molecule has 23 heavy (non-hydrogen) atoms. The zero-order chi connectivity index (χ0) is 18.5. The average Bonchev–Trinajstić information content (AvgIpc) is 2.34. The molecule has 0 aromatic carbocycles. The summed E-state index contributed by atoms with van der Waals surface area (Å²) in [5, 5.41) is 2.03. The number of rotatable bonds is 10. The Bertz CT molecular complexity index is 385. The van der Waals surface area contributed by atoms with Crippen LogP contribution in [0.5, 0.6) is 0 Å². The summed E-state index contributed by atoms with van der Waals surface area (Å²) in [6.07, 6.45) is 4.16. The van der Waals surface area contributed by atoms with Crippen molar-refractivity contribution in [3.8, 4) is 0 Å². The van der Waals surface area contributed by atoms with Crippen molar-refractivity contribution in [2.24, 2.45) is 0 Å². The van der Waals surface area contributed by atoms with Crippen molar-refractivity contribution in [2.45, 2.75) is 25.7 Å². The number of hydrogen-bond acceptors (Lipinski definition) is 3. The highest BCUT2D eigenvalue weighted by Crippen LogP contribution is 2.53. The molecule has 0 aliphatic rings. The van der Waals surface area contributed by atoms with Crippen molar-refractivity contribution in [2.75, 3.05) is 22.4 Å². The molecular weight excluding hydrogens is 525 g/mol. The third-order valence-corrected chi connectivity index (χ3v) is 5.17. The Kier molecular flexibility index (Phi) is 17.1. The van der Waals surface area contributed by atoms with Crippen LogP contribution in [0.4, 0.5) is 0 Å². The fraction of sp³-hybridized carbons (Fsp3) is 0.800. The predicted molar refractivity (Wildman–Crippen MR) is 99.7 cm³/mol. The molecule has 0 saturated heterocycles. The molecule has 0 bridgehead atoms. The van der Waals surface area contributed by atoms with Gasteiger partial charge in [-0.25, -0.2) is 9.13 Å². The van der Waals surface area contributed by atoms with E-state index in [-0.39, 0.29) is 0 Å². The first-order chi connectivity index (χ1) is 10.5. The first-order valence-electron chi connectivity index (χ1n) is 6.26. The molecule has 0 radical (unpaired) electrons. The minimum absolute atomic E-state index is 0.695. The van der Waals surface area contributed by atoms with Crippen LogP contribution in [0.25, 0.3) is 0 Å². The second-order valence-electron chi connectivity index (χ2n) is 4.03. The molecule has 0 unspecified atom stereocenters. The van der Waals surface area contributed by atoms with E-state index in [1.807, 2.05) is 0 Å². The van der Waals surface area contributed by atoms with Crippen LogP contribution in [0.1, 0.15) is 25.7 Å². The zero-order valence-electron chi connectivity index (χ0n) is 12.1. The molecule has 0 aromatic heterocycles. The second-order valence-corrected chi connectivity index (χ2v) is 8.98. The smallest absolute Gasteiger partial charge is 0.302 e. The van der Waals surface area contributed by atoms with E-state index in [9.17, 15) is 9.13 Å². The minimum atomic E-state index is -5.05. The van der Waals surface area contributed by atoms with Gasteiger partial charge in [0.1, 0.15) is 0 Å². The van der Waals surface area contributed by atoms with Gasteiger partial charge >= 0.3 is 15.6 Å². The van der Waals surface area contributed by atoms with Gasteiger partial charge in [0.05, 0.1) is 0 Å². The van der Waals surface area contributed by atoms with Gasteiger partial charge in [0.2, 0.25) is 0 Å². The van der Waals surface area contributed by atoms with Gasteiger partial charge in [-0.15, -0.1) is 23.2 Å². The molecule has 13 heteroatoms. The molecule has 0 aliphatic heterocycles. The topological polar surface area (TPSA) is 124 Å². The van der Waals surface area contributed by atoms with E-state index in [0.717, 1.165) is 36.3 Å². The van der Waals surface area contributed by atoms with E-state index in [2.05, 4.69) is 36.2 Å². The Labute approximate surface area is 162 Å². The molecule has 0 fully saturated rings. The molecule has 0 aliphatic carbocycles. The number of hydrogen-bond donors (Lipinski definition) is 4. The van der Waals surface area contributed by atoms with Gasteiger partial charge in [-0.2, -0.15) is 4.31 Å². The maximum atomic E-state index is 9.63. The quantitative estimate of drug-likeness (QED) is 0.184. The van der Waals surface area contributed by atoms with E-state index >= 15 is 0 Å². The molecular formula is C10H20Br2Cl2O7P2. The van der Waals surface area contributed by atoms with Crippen LogP contribution in [0, 0.1) is 0 Å². The fourth-order valence-electron chi connectivity index (χ4n) is 1.55. The standard InChI is InChI=1S/C10H16Br2Cl2.H4O7P2/c11-5-1-9(2-6-12)10(3-7-13)4-8-14;1-8(2,3)7-9(4,5)6/h1-8H2;(H2,1,2,3)(H2,4,5,6). The lowest BCUT2D eigenvalue weighted by atomic mass is 9.99. The number of allylic oxidation sites excluding steroid dienone is 2. The average molecular weight is 545 g/mol. The lowest BCUT2D eigenvalue weighted by molar-refractivity contribution is 0.225. The first kappa shape index (κ1) is 26.8. The van der Waals surface area contributed by atoms with Crippen molar-refractivity contribution in [1.29, 1.82) is 0 Å². The summed E-state index contributed by atoms with van der Waals surface area (Å²) in [7, 11) is -10.1. The van der Waals surface area contributed by atoms with E-state index in [4.69, 9.17) is 42.8 Å². The van der Waals surface area contributed by atoms with Crippen LogP contribution in [-0.2, 0) is 13.4 Å². The molecule has 140 valence electrons. The monoisotopic (exact) mass is 542 g/mol.